The second-order valence-electron chi connectivity index (χ2n) is 9.35. The topological polar surface area (TPSA) is 149 Å². The Bertz CT molecular complexity index is 998. The molecule has 0 radical (unpaired) electrons. The third kappa shape index (κ3) is 10.1. The van der Waals surface area contributed by atoms with Gasteiger partial charge in [0.05, 0.1) is 24.1 Å². The zero-order valence-electron chi connectivity index (χ0n) is 21.1. The van der Waals surface area contributed by atoms with Crippen molar-refractivity contribution in [2.24, 2.45) is 10.8 Å². The predicted octanol–water partition coefficient (Wildman–Crippen LogP) is 2.91. The average molecular weight is 516 g/mol. The molecule has 0 bridgehead atoms. The van der Waals surface area contributed by atoms with Gasteiger partial charge in [-0.1, -0.05) is 12.2 Å². The van der Waals surface area contributed by atoms with Gasteiger partial charge < -0.3 is 18.8 Å². The molecule has 12 nitrogen and oxygen atoms in total. The molecule has 35 heavy (non-hydrogen) atoms. The first-order valence-corrected chi connectivity index (χ1v) is 12.3. The lowest BCUT2D eigenvalue weighted by Crippen LogP contribution is -2.27. The predicted molar refractivity (Wildman–Crippen MR) is 124 cm³/mol. The van der Waals surface area contributed by atoms with Crippen molar-refractivity contribution in [2.75, 3.05) is 26.9 Å². The molecule has 0 unspecified atom stereocenters. The van der Waals surface area contributed by atoms with Crippen LogP contribution in [0, 0.1) is 10.8 Å². The smallest absolute Gasteiger partial charge is 0.362 e. The summed E-state index contributed by atoms with van der Waals surface area (Å²) in [5.74, 6) is -2.01. The van der Waals surface area contributed by atoms with Gasteiger partial charge in [-0.2, -0.15) is 0 Å². The third-order valence-electron chi connectivity index (χ3n) is 4.19. The Morgan fingerprint density at radius 2 is 1.49 bits per heavy atom. The van der Waals surface area contributed by atoms with Crippen molar-refractivity contribution in [2.45, 2.75) is 48.1 Å². The quantitative estimate of drug-likeness (QED) is 0.140. The normalized spacial score (nSPS) is 12.4. The number of hydrogen-bond acceptors (Lipinski definition) is 11. The SMILES string of the molecule is COC(=O)c1nccn(C/C=C/CP(=O)(OCOC(=O)C(C)(C)C)OCOC(=O)C(C)(C)C)c1=O. The van der Waals surface area contributed by atoms with Crippen molar-refractivity contribution < 1.29 is 42.2 Å². The first-order valence-electron chi connectivity index (χ1n) is 10.6. The zero-order chi connectivity index (χ0) is 26.9. The molecule has 0 saturated carbocycles. The van der Waals surface area contributed by atoms with E-state index in [1.54, 1.807) is 41.5 Å². The van der Waals surface area contributed by atoms with E-state index in [-0.39, 0.29) is 18.4 Å². The van der Waals surface area contributed by atoms with E-state index in [4.69, 9.17) is 18.5 Å². The Morgan fingerprint density at radius 3 is 1.94 bits per heavy atom. The summed E-state index contributed by atoms with van der Waals surface area (Å²) in [4.78, 5) is 51.5. The van der Waals surface area contributed by atoms with Crippen LogP contribution in [-0.4, -0.2) is 54.3 Å². The Kier molecular flexibility index (Phi) is 11.0. The summed E-state index contributed by atoms with van der Waals surface area (Å²) in [5, 5.41) is 0. The molecule has 0 spiro atoms. The number of rotatable bonds is 11. The highest BCUT2D eigenvalue weighted by Crippen LogP contribution is 2.48. The summed E-state index contributed by atoms with van der Waals surface area (Å²) >= 11 is 0. The molecule has 13 heteroatoms. The summed E-state index contributed by atoms with van der Waals surface area (Å²) in [6.45, 7) is 8.61. The average Bonchev–Trinajstić information content (AvgIpc) is 2.75. The highest BCUT2D eigenvalue weighted by molar-refractivity contribution is 7.54. The van der Waals surface area contributed by atoms with E-state index >= 15 is 0 Å². The molecule has 1 rings (SSSR count). The maximum Gasteiger partial charge on any atom is 0.362 e. The first kappa shape index (κ1) is 30.2. The zero-order valence-corrected chi connectivity index (χ0v) is 22.0. The van der Waals surface area contributed by atoms with E-state index in [0.717, 1.165) is 7.11 Å². The van der Waals surface area contributed by atoms with E-state index < -0.39 is 55.5 Å². The van der Waals surface area contributed by atoms with Crippen molar-refractivity contribution >= 4 is 25.5 Å². The monoisotopic (exact) mass is 516 g/mol. The van der Waals surface area contributed by atoms with Crippen LogP contribution in [0.4, 0.5) is 0 Å². The standard InChI is InChI=1S/C22H33N2O10P/c1-21(2,3)19(27)31-14-33-35(29,34-15-32-20(28)22(4,5)6)13-9-8-11-24-12-10-23-16(17(24)25)18(26)30-7/h8-10,12H,11,13-15H2,1-7H3/b9-8+. The number of nitrogens with zero attached hydrogens (tertiary/aromatic N) is 2. The van der Waals surface area contributed by atoms with E-state index in [2.05, 4.69) is 9.72 Å². The van der Waals surface area contributed by atoms with Crippen LogP contribution in [-0.2, 0) is 44.0 Å². The molecule has 0 N–H and O–H groups in total. The lowest BCUT2D eigenvalue weighted by Gasteiger charge is -2.21. The van der Waals surface area contributed by atoms with E-state index in [9.17, 15) is 23.7 Å². The van der Waals surface area contributed by atoms with Gasteiger partial charge in [-0.15, -0.1) is 0 Å². The maximum absolute atomic E-state index is 13.1. The minimum absolute atomic E-state index is 0.0172. The molecule has 0 saturated heterocycles. The van der Waals surface area contributed by atoms with Gasteiger partial charge in [-0.3, -0.25) is 28.0 Å². The Hall–Kier alpha value is -2.82. The van der Waals surface area contributed by atoms with Gasteiger partial charge >= 0.3 is 25.5 Å². The van der Waals surface area contributed by atoms with Crippen molar-refractivity contribution in [1.29, 1.82) is 0 Å². The highest BCUT2D eigenvalue weighted by Gasteiger charge is 2.29. The van der Waals surface area contributed by atoms with Crippen molar-refractivity contribution in [1.82, 2.24) is 9.55 Å². The fourth-order valence-corrected chi connectivity index (χ4v) is 3.23. The van der Waals surface area contributed by atoms with Crippen molar-refractivity contribution in [3.63, 3.8) is 0 Å². The summed E-state index contributed by atoms with van der Waals surface area (Å²) in [7, 11) is -2.78. The Morgan fingerprint density at radius 1 is 0.971 bits per heavy atom. The Labute approximate surface area is 204 Å². The molecule has 0 aliphatic carbocycles. The van der Waals surface area contributed by atoms with Crippen LogP contribution >= 0.6 is 7.60 Å². The molecule has 1 aromatic heterocycles. The van der Waals surface area contributed by atoms with Gasteiger partial charge in [0.25, 0.3) is 5.56 Å². The molecule has 0 atom stereocenters. The Balaban J connectivity index is 2.87. The first-order chi connectivity index (χ1) is 16.1. The number of carbonyl (C=O) groups excluding carboxylic acids is 3. The summed E-state index contributed by atoms with van der Waals surface area (Å²) < 4.78 is 39.2. The molecule has 0 aliphatic rings. The van der Waals surface area contributed by atoms with Gasteiger partial charge in [-0.25, -0.2) is 9.78 Å². The molecule has 1 aromatic rings. The fraction of sp³-hybridized carbons (Fsp3) is 0.591. The number of methoxy groups -OCH3 is 1. The highest BCUT2D eigenvalue weighted by atomic mass is 31.2. The van der Waals surface area contributed by atoms with Crippen LogP contribution in [0.5, 0.6) is 0 Å². The van der Waals surface area contributed by atoms with Crippen LogP contribution < -0.4 is 5.56 Å². The van der Waals surface area contributed by atoms with Gasteiger partial charge in [0.2, 0.25) is 19.3 Å². The fourth-order valence-electron chi connectivity index (χ4n) is 2.12. The second kappa shape index (κ2) is 12.8. The third-order valence-corrected chi connectivity index (χ3v) is 5.85. The van der Waals surface area contributed by atoms with Crippen LogP contribution in [0.3, 0.4) is 0 Å². The molecular weight excluding hydrogens is 483 g/mol. The second-order valence-corrected chi connectivity index (χ2v) is 11.5. The largest absolute Gasteiger partial charge is 0.464 e. The molecule has 0 amide bonds. The number of aromatic nitrogens is 2. The van der Waals surface area contributed by atoms with Gasteiger partial charge in [-0.05, 0) is 41.5 Å². The molecule has 1 heterocycles. The molecule has 0 fully saturated rings. The van der Waals surface area contributed by atoms with Crippen molar-refractivity contribution in [3.05, 3.63) is 40.6 Å². The summed E-state index contributed by atoms with van der Waals surface area (Å²) in [6.07, 6.45) is 5.26. The van der Waals surface area contributed by atoms with Gasteiger partial charge in [0, 0.05) is 18.9 Å². The summed E-state index contributed by atoms with van der Waals surface area (Å²) in [5.41, 5.74) is -2.63. The molecule has 0 aromatic carbocycles. The van der Waals surface area contributed by atoms with E-state index in [0.29, 0.717) is 0 Å². The van der Waals surface area contributed by atoms with Gasteiger partial charge in [0.15, 0.2) is 0 Å². The minimum atomic E-state index is -3.91. The molecule has 196 valence electrons. The van der Waals surface area contributed by atoms with E-state index in [1.807, 2.05) is 0 Å². The van der Waals surface area contributed by atoms with Crippen LogP contribution in [0.2, 0.25) is 0 Å². The van der Waals surface area contributed by atoms with Crippen LogP contribution in [0.1, 0.15) is 52.0 Å². The maximum atomic E-state index is 13.1. The molecular formula is C22H33N2O10P. The minimum Gasteiger partial charge on any atom is -0.464 e. The number of esters is 3. The number of ether oxygens (including phenoxy) is 3. The van der Waals surface area contributed by atoms with Crippen molar-refractivity contribution in [3.8, 4) is 0 Å². The lowest BCUT2D eigenvalue weighted by atomic mass is 9.98. The number of hydrogen-bond donors (Lipinski definition) is 0. The lowest BCUT2D eigenvalue weighted by molar-refractivity contribution is -0.161. The molecule has 0 aliphatic heterocycles. The number of allylic oxidation sites excluding steroid dienone is 2. The van der Waals surface area contributed by atoms with Crippen LogP contribution in [0.15, 0.2) is 29.3 Å². The number of carbonyl (C=O) groups is 3. The van der Waals surface area contributed by atoms with E-state index in [1.165, 1.54) is 29.1 Å². The summed E-state index contributed by atoms with van der Waals surface area (Å²) in [6, 6.07) is 0. The van der Waals surface area contributed by atoms with Gasteiger partial charge in [0.1, 0.15) is 0 Å². The van der Waals surface area contributed by atoms with Crippen LogP contribution in [0.25, 0.3) is 0 Å².